The summed E-state index contributed by atoms with van der Waals surface area (Å²) in [5.74, 6) is 0. The summed E-state index contributed by atoms with van der Waals surface area (Å²) in [6.45, 7) is 7.73. The molecule has 0 amide bonds. The third kappa shape index (κ3) is 2.49. The van der Waals surface area contributed by atoms with Crippen LogP contribution in [-0.4, -0.2) is 0 Å². The summed E-state index contributed by atoms with van der Waals surface area (Å²) < 4.78 is 0. The molecule has 0 aromatic carbocycles. The highest BCUT2D eigenvalue weighted by molar-refractivity contribution is 5.51. The lowest BCUT2D eigenvalue weighted by molar-refractivity contribution is 1.23. The van der Waals surface area contributed by atoms with Gasteiger partial charge < -0.3 is 5.73 Å². The Balaban J connectivity index is 2.98. The number of allylic oxidation sites excluding steroid dienone is 9. The lowest BCUT2D eigenvalue weighted by Gasteiger charge is -2.03. The fourth-order valence-electron chi connectivity index (χ4n) is 1.28. The third-order valence-corrected chi connectivity index (χ3v) is 2.32. The first-order valence-electron chi connectivity index (χ1n) is 4.79. The Kier molecular flexibility index (Phi) is 3.52. The van der Waals surface area contributed by atoms with E-state index in [2.05, 4.69) is 30.9 Å². The maximum absolute atomic E-state index is 5.70. The minimum absolute atomic E-state index is 0.854. The van der Waals surface area contributed by atoms with E-state index < -0.39 is 0 Å². The summed E-state index contributed by atoms with van der Waals surface area (Å²) >= 11 is 0. The van der Waals surface area contributed by atoms with Crippen LogP contribution in [0.3, 0.4) is 0 Å². The molecule has 74 valence electrons. The largest absolute Gasteiger partial charge is 0.402 e. The van der Waals surface area contributed by atoms with Crippen LogP contribution in [0.15, 0.2) is 59.4 Å². The van der Waals surface area contributed by atoms with Crippen LogP contribution < -0.4 is 5.73 Å². The van der Waals surface area contributed by atoms with Crippen molar-refractivity contribution >= 4 is 0 Å². The number of rotatable bonds is 3. The van der Waals surface area contributed by atoms with Gasteiger partial charge in [-0.2, -0.15) is 0 Å². The van der Waals surface area contributed by atoms with Crippen molar-refractivity contribution in [2.45, 2.75) is 20.3 Å². The van der Waals surface area contributed by atoms with Gasteiger partial charge in [-0.25, -0.2) is 0 Å². The van der Waals surface area contributed by atoms with Gasteiger partial charge in [-0.15, -0.1) is 0 Å². The van der Waals surface area contributed by atoms with Crippen molar-refractivity contribution in [3.05, 3.63) is 59.4 Å². The van der Waals surface area contributed by atoms with Crippen molar-refractivity contribution in [2.75, 3.05) is 0 Å². The first kappa shape index (κ1) is 10.6. The molecule has 0 unspecified atom stereocenters. The molecule has 1 rings (SSSR count). The molecule has 1 heteroatoms. The number of hydrogen-bond acceptors (Lipinski definition) is 1. The number of nitrogens with two attached hydrogens (primary N) is 1. The summed E-state index contributed by atoms with van der Waals surface area (Å²) in [5.41, 5.74) is 10.0. The minimum atomic E-state index is 0.854. The molecule has 0 aliphatic heterocycles. The van der Waals surface area contributed by atoms with E-state index in [1.807, 2.05) is 19.9 Å². The van der Waals surface area contributed by atoms with E-state index in [4.69, 9.17) is 5.73 Å². The average Bonchev–Trinajstić information content (AvgIpc) is 2.66. The molecule has 0 radical (unpaired) electrons. The maximum Gasteiger partial charge on any atom is 0.00787 e. The van der Waals surface area contributed by atoms with E-state index in [1.165, 1.54) is 5.57 Å². The van der Waals surface area contributed by atoms with Gasteiger partial charge >= 0.3 is 0 Å². The molecule has 14 heavy (non-hydrogen) atoms. The molecule has 0 aromatic heterocycles. The monoisotopic (exact) mass is 187 g/mol. The second-order valence-electron chi connectivity index (χ2n) is 3.47. The number of hydrogen-bond donors (Lipinski definition) is 1. The van der Waals surface area contributed by atoms with Gasteiger partial charge in [0.1, 0.15) is 0 Å². The van der Waals surface area contributed by atoms with E-state index in [9.17, 15) is 0 Å². The van der Waals surface area contributed by atoms with Crippen LogP contribution in [0.2, 0.25) is 0 Å². The van der Waals surface area contributed by atoms with Gasteiger partial charge in [0.2, 0.25) is 0 Å². The Morgan fingerprint density at radius 2 is 2.21 bits per heavy atom. The summed E-state index contributed by atoms with van der Waals surface area (Å²) in [7, 11) is 0. The second kappa shape index (κ2) is 4.66. The van der Waals surface area contributed by atoms with Crippen LogP contribution >= 0.6 is 0 Å². The van der Waals surface area contributed by atoms with Crippen molar-refractivity contribution in [2.24, 2.45) is 5.73 Å². The Labute approximate surface area is 86.0 Å². The molecule has 1 aliphatic carbocycles. The van der Waals surface area contributed by atoms with Gasteiger partial charge in [0, 0.05) is 5.70 Å². The predicted molar refractivity (Wildman–Crippen MR) is 62.7 cm³/mol. The smallest absolute Gasteiger partial charge is 0.00787 e. The van der Waals surface area contributed by atoms with E-state index in [1.54, 1.807) is 0 Å². The molecule has 0 atom stereocenters. The van der Waals surface area contributed by atoms with Gasteiger partial charge in [-0.3, -0.25) is 0 Å². The first-order chi connectivity index (χ1) is 6.65. The Bertz CT molecular complexity index is 347. The van der Waals surface area contributed by atoms with Crippen molar-refractivity contribution < 1.29 is 0 Å². The summed E-state index contributed by atoms with van der Waals surface area (Å²) in [4.78, 5) is 0. The fraction of sp³-hybridized carbons (Fsp3) is 0.231. The highest BCUT2D eigenvalue weighted by Gasteiger charge is 2.01. The Morgan fingerprint density at radius 3 is 2.64 bits per heavy atom. The predicted octanol–water partition coefficient (Wildman–Crippen LogP) is 3.24. The van der Waals surface area contributed by atoms with Crippen molar-refractivity contribution in [3.8, 4) is 0 Å². The van der Waals surface area contributed by atoms with Crippen LogP contribution in [0.5, 0.6) is 0 Å². The van der Waals surface area contributed by atoms with E-state index >= 15 is 0 Å². The lowest BCUT2D eigenvalue weighted by atomic mass is 10.0. The first-order valence-corrected chi connectivity index (χ1v) is 4.79. The molecule has 0 spiro atoms. The van der Waals surface area contributed by atoms with Crippen LogP contribution in [0.4, 0.5) is 0 Å². The maximum atomic E-state index is 5.70. The van der Waals surface area contributed by atoms with Crippen LogP contribution in [0.1, 0.15) is 20.3 Å². The molecule has 0 bridgehead atoms. The van der Waals surface area contributed by atoms with Gasteiger partial charge in [0.25, 0.3) is 0 Å². The molecule has 0 heterocycles. The van der Waals surface area contributed by atoms with Crippen molar-refractivity contribution in [3.63, 3.8) is 0 Å². The van der Waals surface area contributed by atoms with Crippen LogP contribution in [-0.2, 0) is 0 Å². The summed E-state index contributed by atoms with van der Waals surface area (Å²) in [5, 5.41) is 0. The third-order valence-electron chi connectivity index (χ3n) is 2.32. The zero-order chi connectivity index (χ0) is 10.6. The molecule has 0 aromatic rings. The van der Waals surface area contributed by atoms with Gasteiger partial charge in [0.05, 0.1) is 0 Å². The van der Waals surface area contributed by atoms with Crippen LogP contribution in [0.25, 0.3) is 0 Å². The van der Waals surface area contributed by atoms with Gasteiger partial charge in [-0.1, -0.05) is 30.9 Å². The Hall–Kier alpha value is -1.50. The average molecular weight is 187 g/mol. The zero-order valence-electron chi connectivity index (χ0n) is 8.88. The van der Waals surface area contributed by atoms with E-state index in [0.29, 0.717) is 0 Å². The molecule has 1 aliphatic rings. The fourth-order valence-corrected chi connectivity index (χ4v) is 1.28. The van der Waals surface area contributed by atoms with Gasteiger partial charge in [-0.05, 0) is 43.1 Å². The highest BCUT2D eigenvalue weighted by atomic mass is 14.5. The van der Waals surface area contributed by atoms with E-state index in [0.717, 1.165) is 23.3 Å². The zero-order valence-corrected chi connectivity index (χ0v) is 8.88. The molecule has 0 saturated carbocycles. The quantitative estimate of drug-likeness (QED) is 0.674. The second-order valence-corrected chi connectivity index (χ2v) is 3.47. The molecule has 1 nitrogen and oxygen atoms in total. The summed E-state index contributed by atoms with van der Waals surface area (Å²) in [6.07, 6.45) is 11.4. The molecular weight excluding hydrogens is 170 g/mol. The molecule has 0 fully saturated rings. The van der Waals surface area contributed by atoms with Crippen molar-refractivity contribution in [1.82, 2.24) is 0 Å². The lowest BCUT2D eigenvalue weighted by Crippen LogP contribution is -1.94. The highest BCUT2D eigenvalue weighted by Crippen LogP contribution is 2.20. The van der Waals surface area contributed by atoms with Crippen molar-refractivity contribution in [1.29, 1.82) is 0 Å². The van der Waals surface area contributed by atoms with Crippen LogP contribution in [0, 0.1) is 0 Å². The Morgan fingerprint density at radius 1 is 1.50 bits per heavy atom. The van der Waals surface area contributed by atoms with Gasteiger partial charge in [0.15, 0.2) is 0 Å². The molecule has 0 saturated heterocycles. The standard InChI is InChI=1S/C13H17N/c1-4-12(9-10(2)11(3)14)13-7-5-6-8-13/h4-5,7-9H,1,6,14H2,2-3H3/b11-10+,12-9+. The molecule has 2 N–H and O–H groups in total. The van der Waals surface area contributed by atoms with E-state index in [-0.39, 0.29) is 0 Å². The molecular formula is C13H17N. The SMILES string of the molecule is C=C/C(=C\C(C)=C(/C)N)C1=CCC=C1. The minimum Gasteiger partial charge on any atom is -0.402 e. The normalized spacial score (nSPS) is 17.9. The summed E-state index contributed by atoms with van der Waals surface area (Å²) in [6, 6.07) is 0. The topological polar surface area (TPSA) is 26.0 Å².